The van der Waals surface area contributed by atoms with E-state index >= 15 is 0 Å². The molecule has 0 amide bonds. The second kappa shape index (κ2) is 6.37. The lowest BCUT2D eigenvalue weighted by Gasteiger charge is -2.08. The summed E-state index contributed by atoms with van der Waals surface area (Å²) >= 11 is 0. The summed E-state index contributed by atoms with van der Waals surface area (Å²) in [7, 11) is 0. The molecular weight excluding hydrogens is 262 g/mol. The number of aryl methyl sites for hydroxylation is 1. The van der Waals surface area contributed by atoms with Gasteiger partial charge in [-0.25, -0.2) is 9.97 Å². The van der Waals surface area contributed by atoms with E-state index in [0.717, 1.165) is 31.1 Å². The molecule has 0 aliphatic carbocycles. The molecule has 0 aliphatic rings. The highest BCUT2D eigenvalue weighted by Crippen LogP contribution is 2.09. The van der Waals surface area contributed by atoms with Gasteiger partial charge in [0, 0.05) is 43.6 Å². The Labute approximate surface area is 124 Å². The highest BCUT2D eigenvalue weighted by molar-refractivity contribution is 5.34. The van der Waals surface area contributed by atoms with Crippen LogP contribution in [0.1, 0.15) is 18.3 Å². The predicted octanol–water partition coefficient (Wildman–Crippen LogP) is 2.38. The average molecular weight is 281 g/mol. The molecule has 5 heteroatoms. The Morgan fingerprint density at radius 1 is 1.05 bits per heavy atom. The molecule has 2 heterocycles. The average Bonchev–Trinajstić information content (AvgIpc) is 3.19. The fourth-order valence-corrected chi connectivity index (χ4v) is 2.31. The fourth-order valence-electron chi connectivity index (χ4n) is 2.31. The van der Waals surface area contributed by atoms with Crippen molar-refractivity contribution in [2.45, 2.75) is 26.6 Å². The number of benzene rings is 1. The smallest absolute Gasteiger partial charge is 0.122 e. The van der Waals surface area contributed by atoms with E-state index in [1.165, 1.54) is 5.56 Å². The molecule has 0 saturated heterocycles. The minimum Gasteiger partial charge on any atom is -0.334 e. The fraction of sp³-hybridized carbons (Fsp3) is 0.250. The Morgan fingerprint density at radius 3 is 2.62 bits per heavy atom. The van der Waals surface area contributed by atoms with Crippen LogP contribution in [0.4, 0.5) is 0 Å². The van der Waals surface area contributed by atoms with Crippen molar-refractivity contribution in [3.05, 3.63) is 66.8 Å². The van der Waals surface area contributed by atoms with Gasteiger partial charge >= 0.3 is 0 Å². The van der Waals surface area contributed by atoms with E-state index in [2.05, 4.69) is 51.0 Å². The zero-order valence-electron chi connectivity index (χ0n) is 12.1. The van der Waals surface area contributed by atoms with Crippen LogP contribution in [0.15, 0.2) is 55.4 Å². The van der Waals surface area contributed by atoms with Crippen molar-refractivity contribution in [3.63, 3.8) is 0 Å². The second-order valence-electron chi connectivity index (χ2n) is 4.87. The van der Waals surface area contributed by atoms with Gasteiger partial charge in [-0.2, -0.15) is 0 Å². The zero-order valence-corrected chi connectivity index (χ0v) is 12.1. The summed E-state index contributed by atoms with van der Waals surface area (Å²) in [6.07, 6.45) is 9.39. The maximum absolute atomic E-state index is 4.36. The zero-order chi connectivity index (χ0) is 14.5. The first-order valence-electron chi connectivity index (χ1n) is 7.15. The van der Waals surface area contributed by atoms with Gasteiger partial charge in [0.05, 0.1) is 12.9 Å². The molecule has 5 nitrogen and oxygen atoms in total. The number of aromatic nitrogens is 4. The number of rotatable bonds is 6. The van der Waals surface area contributed by atoms with Crippen LogP contribution in [0.2, 0.25) is 0 Å². The van der Waals surface area contributed by atoms with Gasteiger partial charge in [0.1, 0.15) is 5.82 Å². The molecule has 0 aliphatic heterocycles. The monoisotopic (exact) mass is 281 g/mol. The van der Waals surface area contributed by atoms with Crippen LogP contribution in [0, 0.1) is 0 Å². The molecule has 21 heavy (non-hydrogen) atoms. The Morgan fingerprint density at radius 2 is 1.90 bits per heavy atom. The maximum atomic E-state index is 4.36. The third kappa shape index (κ3) is 3.20. The van der Waals surface area contributed by atoms with Crippen molar-refractivity contribution in [2.24, 2.45) is 0 Å². The molecule has 1 N–H and O–H groups in total. The predicted molar refractivity (Wildman–Crippen MR) is 82.0 cm³/mol. The van der Waals surface area contributed by atoms with Gasteiger partial charge in [-0.15, -0.1) is 0 Å². The molecule has 1 aromatic carbocycles. The third-order valence-corrected chi connectivity index (χ3v) is 3.49. The van der Waals surface area contributed by atoms with E-state index in [9.17, 15) is 0 Å². The first-order chi connectivity index (χ1) is 10.4. The van der Waals surface area contributed by atoms with E-state index in [4.69, 9.17) is 0 Å². The molecule has 0 unspecified atom stereocenters. The van der Waals surface area contributed by atoms with Crippen molar-refractivity contribution >= 4 is 0 Å². The summed E-state index contributed by atoms with van der Waals surface area (Å²) in [6.45, 7) is 4.70. The van der Waals surface area contributed by atoms with Crippen LogP contribution in [-0.2, 0) is 19.6 Å². The van der Waals surface area contributed by atoms with Gasteiger partial charge in [-0.3, -0.25) is 0 Å². The molecule has 0 fully saturated rings. The van der Waals surface area contributed by atoms with Gasteiger partial charge < -0.3 is 14.5 Å². The molecule has 0 saturated carbocycles. The van der Waals surface area contributed by atoms with Gasteiger partial charge in [-0.1, -0.05) is 12.1 Å². The Hall–Kier alpha value is -2.40. The van der Waals surface area contributed by atoms with E-state index in [0.29, 0.717) is 0 Å². The van der Waals surface area contributed by atoms with Crippen LogP contribution in [0.5, 0.6) is 0 Å². The molecule has 0 bridgehead atoms. The quantitative estimate of drug-likeness (QED) is 0.754. The number of hydrogen-bond donors (Lipinski definition) is 1. The van der Waals surface area contributed by atoms with E-state index in [1.807, 2.05) is 23.2 Å². The SMILES string of the molecule is CCn1ccnc1CNCc1ccc(-n2ccnc2)cc1. The summed E-state index contributed by atoms with van der Waals surface area (Å²) in [5.41, 5.74) is 2.38. The number of nitrogens with one attached hydrogen (secondary N) is 1. The van der Waals surface area contributed by atoms with Crippen molar-refractivity contribution in [1.29, 1.82) is 0 Å². The van der Waals surface area contributed by atoms with Crippen LogP contribution in [0.25, 0.3) is 5.69 Å². The summed E-state index contributed by atoms with van der Waals surface area (Å²) in [5.74, 6) is 1.08. The van der Waals surface area contributed by atoms with Crippen molar-refractivity contribution in [2.75, 3.05) is 0 Å². The molecule has 0 atom stereocenters. The van der Waals surface area contributed by atoms with E-state index in [-0.39, 0.29) is 0 Å². The maximum Gasteiger partial charge on any atom is 0.122 e. The number of hydrogen-bond acceptors (Lipinski definition) is 3. The lowest BCUT2D eigenvalue weighted by atomic mass is 10.2. The first kappa shape index (κ1) is 13.6. The lowest BCUT2D eigenvalue weighted by molar-refractivity contribution is 0.613. The van der Waals surface area contributed by atoms with Crippen LogP contribution >= 0.6 is 0 Å². The lowest BCUT2D eigenvalue weighted by Crippen LogP contribution is -2.16. The van der Waals surface area contributed by atoms with Crippen LogP contribution in [0.3, 0.4) is 0 Å². The van der Waals surface area contributed by atoms with Gasteiger partial charge in [0.2, 0.25) is 0 Å². The summed E-state index contributed by atoms with van der Waals surface area (Å²) in [6, 6.07) is 8.47. The molecule has 3 aromatic rings. The second-order valence-corrected chi connectivity index (χ2v) is 4.87. The standard InChI is InChI=1S/C16H19N5/c1-2-20-10-8-19-16(20)12-18-11-14-3-5-15(6-4-14)21-9-7-17-13-21/h3-10,13,18H,2,11-12H2,1H3. The van der Waals surface area contributed by atoms with Crippen molar-refractivity contribution in [1.82, 2.24) is 24.4 Å². The molecular formula is C16H19N5. The topological polar surface area (TPSA) is 47.7 Å². The molecule has 108 valence electrons. The van der Waals surface area contributed by atoms with Crippen LogP contribution in [-0.4, -0.2) is 19.1 Å². The Bertz CT molecular complexity index is 667. The molecule has 2 aromatic heterocycles. The largest absolute Gasteiger partial charge is 0.334 e. The minimum absolute atomic E-state index is 0.782. The molecule has 3 rings (SSSR count). The van der Waals surface area contributed by atoms with Gasteiger partial charge in [-0.05, 0) is 24.6 Å². The Balaban J connectivity index is 1.56. The normalized spacial score (nSPS) is 10.9. The van der Waals surface area contributed by atoms with Crippen LogP contribution < -0.4 is 5.32 Å². The van der Waals surface area contributed by atoms with Crippen molar-refractivity contribution < 1.29 is 0 Å². The summed E-state index contributed by atoms with van der Waals surface area (Å²) in [4.78, 5) is 8.41. The first-order valence-corrected chi connectivity index (χ1v) is 7.15. The van der Waals surface area contributed by atoms with E-state index in [1.54, 1.807) is 12.5 Å². The van der Waals surface area contributed by atoms with Gasteiger partial charge in [0.15, 0.2) is 0 Å². The summed E-state index contributed by atoms with van der Waals surface area (Å²) < 4.78 is 4.14. The van der Waals surface area contributed by atoms with Gasteiger partial charge in [0.25, 0.3) is 0 Å². The summed E-state index contributed by atoms with van der Waals surface area (Å²) in [5, 5.41) is 3.43. The Kier molecular flexibility index (Phi) is 4.12. The highest BCUT2D eigenvalue weighted by Gasteiger charge is 2.01. The minimum atomic E-state index is 0.782. The number of nitrogens with zero attached hydrogens (tertiary/aromatic N) is 4. The third-order valence-electron chi connectivity index (χ3n) is 3.49. The highest BCUT2D eigenvalue weighted by atomic mass is 15.1. The van der Waals surface area contributed by atoms with E-state index < -0.39 is 0 Å². The molecule has 0 spiro atoms. The molecule has 0 radical (unpaired) electrons. The van der Waals surface area contributed by atoms with Crippen molar-refractivity contribution in [3.8, 4) is 5.69 Å². The number of imidazole rings is 2.